The average Bonchev–Trinajstić information content (AvgIpc) is 2.43. The van der Waals surface area contributed by atoms with Crippen LogP contribution in [0.1, 0.15) is 13.8 Å². The van der Waals surface area contributed by atoms with Gasteiger partial charge in [0.05, 0.1) is 10.8 Å². The molecule has 21 heavy (non-hydrogen) atoms. The molecule has 0 amide bonds. The summed E-state index contributed by atoms with van der Waals surface area (Å²) in [7, 11) is -4.13. The molecule has 116 valence electrons. The number of para-hydroxylation sites is 1. The Hall–Kier alpha value is -2.00. The molecule has 1 N–H and O–H groups in total. The van der Waals surface area contributed by atoms with Crippen LogP contribution in [0.3, 0.4) is 0 Å². The van der Waals surface area contributed by atoms with Crippen molar-refractivity contribution in [3.63, 3.8) is 0 Å². The zero-order valence-corrected chi connectivity index (χ0v) is 12.4. The first-order chi connectivity index (χ1) is 9.71. The monoisotopic (exact) mass is 316 g/mol. The van der Waals surface area contributed by atoms with E-state index in [0.717, 1.165) is 16.4 Å². The Morgan fingerprint density at radius 1 is 1.43 bits per heavy atom. The first kappa shape index (κ1) is 17.1. The first-order valence-electron chi connectivity index (χ1n) is 6.18. The summed E-state index contributed by atoms with van der Waals surface area (Å²) in [6, 6.07) is 4.99. The van der Waals surface area contributed by atoms with Crippen LogP contribution in [0.15, 0.2) is 29.2 Å². The van der Waals surface area contributed by atoms with Gasteiger partial charge >= 0.3 is 5.97 Å². The summed E-state index contributed by atoms with van der Waals surface area (Å²) in [6.07, 6.45) is 0. The number of nitro benzene ring substituents is 1. The van der Waals surface area contributed by atoms with E-state index in [4.69, 9.17) is 5.11 Å². The van der Waals surface area contributed by atoms with Crippen LogP contribution in [0.25, 0.3) is 0 Å². The zero-order valence-electron chi connectivity index (χ0n) is 11.6. The Kier molecular flexibility index (Phi) is 5.39. The molecule has 1 rings (SSSR count). The van der Waals surface area contributed by atoms with Gasteiger partial charge < -0.3 is 5.11 Å². The fraction of sp³-hybridized carbons (Fsp3) is 0.417. The molecule has 0 spiro atoms. The number of sulfonamides is 1. The number of hydrogen-bond acceptors (Lipinski definition) is 5. The van der Waals surface area contributed by atoms with Crippen molar-refractivity contribution in [1.82, 2.24) is 4.31 Å². The number of benzene rings is 1. The fourth-order valence-corrected chi connectivity index (χ4v) is 3.44. The van der Waals surface area contributed by atoms with Crippen LogP contribution in [-0.4, -0.2) is 41.8 Å². The van der Waals surface area contributed by atoms with E-state index in [1.807, 2.05) is 0 Å². The van der Waals surface area contributed by atoms with Gasteiger partial charge in [-0.1, -0.05) is 26.0 Å². The molecule has 0 saturated heterocycles. The van der Waals surface area contributed by atoms with Gasteiger partial charge in [-0.3, -0.25) is 14.9 Å². The van der Waals surface area contributed by atoms with Gasteiger partial charge in [0.2, 0.25) is 10.0 Å². The fourth-order valence-electron chi connectivity index (χ4n) is 1.75. The Morgan fingerprint density at radius 2 is 2.00 bits per heavy atom. The minimum atomic E-state index is -4.13. The van der Waals surface area contributed by atoms with Crippen LogP contribution in [0.4, 0.5) is 5.69 Å². The minimum absolute atomic E-state index is 0.0198. The standard InChI is InChI=1S/C12H16N2O6S/c1-3-13(8-9(2)12(15)16)21(19,20)11-7-5-4-6-10(11)14(17)18/h4-7,9H,3,8H2,1-2H3,(H,15,16). The van der Waals surface area contributed by atoms with Crippen molar-refractivity contribution in [1.29, 1.82) is 0 Å². The van der Waals surface area contributed by atoms with Gasteiger partial charge in [-0.2, -0.15) is 4.31 Å². The second-order valence-corrected chi connectivity index (χ2v) is 6.33. The molecule has 0 saturated carbocycles. The molecule has 1 atom stereocenters. The van der Waals surface area contributed by atoms with Crippen LogP contribution in [0.2, 0.25) is 0 Å². The molecule has 0 aromatic heterocycles. The molecule has 0 aliphatic carbocycles. The predicted octanol–water partition coefficient (Wildman–Crippen LogP) is 1.33. The second kappa shape index (κ2) is 6.64. The third-order valence-electron chi connectivity index (χ3n) is 2.93. The van der Waals surface area contributed by atoms with Crippen molar-refractivity contribution < 1.29 is 23.2 Å². The molecular weight excluding hydrogens is 300 g/mol. The SMILES string of the molecule is CCN(CC(C)C(=O)O)S(=O)(=O)c1ccccc1[N+](=O)[O-]. The van der Waals surface area contributed by atoms with E-state index >= 15 is 0 Å². The van der Waals surface area contributed by atoms with Crippen molar-refractivity contribution >= 4 is 21.7 Å². The predicted molar refractivity (Wildman–Crippen MR) is 74.3 cm³/mol. The lowest BCUT2D eigenvalue weighted by Gasteiger charge is -2.22. The first-order valence-corrected chi connectivity index (χ1v) is 7.62. The molecule has 0 aliphatic rings. The third kappa shape index (κ3) is 3.76. The number of rotatable bonds is 7. The Morgan fingerprint density at radius 3 is 2.48 bits per heavy atom. The lowest BCUT2D eigenvalue weighted by atomic mass is 10.2. The summed E-state index contributed by atoms with van der Waals surface area (Å²) in [5.41, 5.74) is -0.529. The maximum absolute atomic E-state index is 12.5. The molecule has 1 aromatic carbocycles. The average molecular weight is 316 g/mol. The Balaban J connectivity index is 3.26. The summed E-state index contributed by atoms with van der Waals surface area (Å²) >= 11 is 0. The van der Waals surface area contributed by atoms with Crippen molar-refractivity contribution in [2.24, 2.45) is 5.92 Å². The van der Waals surface area contributed by atoms with E-state index < -0.39 is 37.4 Å². The van der Waals surface area contributed by atoms with E-state index in [9.17, 15) is 23.3 Å². The molecule has 0 bridgehead atoms. The highest BCUT2D eigenvalue weighted by atomic mass is 32.2. The summed E-state index contributed by atoms with van der Waals surface area (Å²) in [4.78, 5) is 20.6. The van der Waals surface area contributed by atoms with Gasteiger partial charge in [0.15, 0.2) is 4.90 Å². The maximum atomic E-state index is 12.5. The topological polar surface area (TPSA) is 118 Å². The normalized spacial score (nSPS) is 13.1. The molecule has 1 aromatic rings. The van der Waals surface area contributed by atoms with E-state index in [1.54, 1.807) is 6.92 Å². The zero-order chi connectivity index (χ0) is 16.2. The van der Waals surface area contributed by atoms with Gasteiger partial charge in [-0.25, -0.2) is 8.42 Å². The number of hydrogen-bond donors (Lipinski definition) is 1. The second-order valence-electron chi connectivity index (χ2n) is 4.42. The quantitative estimate of drug-likeness (QED) is 0.599. The number of aliphatic carboxylic acids is 1. The van der Waals surface area contributed by atoms with Crippen molar-refractivity contribution in [3.05, 3.63) is 34.4 Å². The smallest absolute Gasteiger partial charge is 0.307 e. The highest BCUT2D eigenvalue weighted by Gasteiger charge is 2.32. The molecule has 1 unspecified atom stereocenters. The van der Waals surface area contributed by atoms with Crippen LogP contribution < -0.4 is 0 Å². The lowest BCUT2D eigenvalue weighted by Crippen LogP contribution is -2.37. The summed E-state index contributed by atoms with van der Waals surface area (Å²) in [6.45, 7) is 2.69. The summed E-state index contributed by atoms with van der Waals surface area (Å²) in [5.74, 6) is -2.05. The number of carbonyl (C=O) groups is 1. The number of carboxylic acids is 1. The summed E-state index contributed by atoms with van der Waals surface area (Å²) < 4.78 is 25.9. The highest BCUT2D eigenvalue weighted by Crippen LogP contribution is 2.26. The van der Waals surface area contributed by atoms with Crippen LogP contribution >= 0.6 is 0 Å². The van der Waals surface area contributed by atoms with Gasteiger partial charge in [-0.05, 0) is 6.07 Å². The van der Waals surface area contributed by atoms with Crippen LogP contribution in [0.5, 0.6) is 0 Å². The van der Waals surface area contributed by atoms with Crippen molar-refractivity contribution in [3.8, 4) is 0 Å². The van der Waals surface area contributed by atoms with Crippen molar-refractivity contribution in [2.45, 2.75) is 18.7 Å². The van der Waals surface area contributed by atoms with E-state index in [-0.39, 0.29) is 13.1 Å². The molecule has 0 radical (unpaired) electrons. The molecule has 0 heterocycles. The lowest BCUT2D eigenvalue weighted by molar-refractivity contribution is -0.387. The van der Waals surface area contributed by atoms with Gasteiger partial charge in [0.25, 0.3) is 5.69 Å². The number of nitrogens with zero attached hydrogens (tertiary/aromatic N) is 2. The van der Waals surface area contributed by atoms with Crippen molar-refractivity contribution in [2.75, 3.05) is 13.1 Å². The summed E-state index contributed by atoms with van der Waals surface area (Å²) in [5, 5.41) is 19.8. The van der Waals surface area contributed by atoms with E-state index in [1.165, 1.54) is 19.1 Å². The maximum Gasteiger partial charge on any atom is 0.307 e. The molecule has 0 fully saturated rings. The van der Waals surface area contributed by atoms with E-state index in [2.05, 4.69) is 0 Å². The molecule has 9 heteroatoms. The molecule has 8 nitrogen and oxygen atoms in total. The Labute approximate surface area is 122 Å². The van der Waals surface area contributed by atoms with Gasteiger partial charge in [0.1, 0.15) is 0 Å². The van der Waals surface area contributed by atoms with E-state index in [0.29, 0.717) is 0 Å². The van der Waals surface area contributed by atoms with Crippen LogP contribution in [-0.2, 0) is 14.8 Å². The Bertz CT molecular complexity index is 643. The largest absolute Gasteiger partial charge is 0.481 e. The van der Waals surface area contributed by atoms with Gasteiger partial charge in [-0.15, -0.1) is 0 Å². The minimum Gasteiger partial charge on any atom is -0.481 e. The number of carboxylic acid groups (broad SMARTS) is 1. The molecular formula is C12H16N2O6S. The van der Waals surface area contributed by atoms with Gasteiger partial charge in [0, 0.05) is 19.2 Å². The third-order valence-corrected chi connectivity index (χ3v) is 4.92. The number of nitro groups is 1. The highest BCUT2D eigenvalue weighted by molar-refractivity contribution is 7.89. The molecule has 0 aliphatic heterocycles. The van der Waals surface area contributed by atoms with Crippen LogP contribution in [0, 0.1) is 16.0 Å².